The maximum atomic E-state index is 12.6. The van der Waals surface area contributed by atoms with Crippen molar-refractivity contribution in [3.05, 3.63) is 48.4 Å². The Morgan fingerprint density at radius 3 is 2.92 bits per heavy atom. The van der Waals surface area contributed by atoms with Crippen LogP contribution in [0.3, 0.4) is 0 Å². The van der Waals surface area contributed by atoms with Crippen LogP contribution >= 0.6 is 0 Å². The van der Waals surface area contributed by atoms with Crippen LogP contribution in [0, 0.1) is 0 Å². The van der Waals surface area contributed by atoms with Gasteiger partial charge in [0.25, 0.3) is 5.91 Å². The minimum Gasteiger partial charge on any atom is -0.486 e. The van der Waals surface area contributed by atoms with E-state index in [1.54, 1.807) is 42.9 Å². The highest BCUT2D eigenvalue weighted by atomic mass is 16.5. The Balaban J connectivity index is 1.66. The predicted octanol–water partition coefficient (Wildman–Crippen LogP) is 1.97. The Morgan fingerprint density at radius 1 is 1.31 bits per heavy atom. The van der Waals surface area contributed by atoms with Crippen LogP contribution in [0.4, 0.5) is 0 Å². The van der Waals surface area contributed by atoms with E-state index in [1.165, 1.54) is 0 Å². The van der Waals surface area contributed by atoms with Crippen LogP contribution in [-0.2, 0) is 0 Å². The number of aromatic nitrogens is 2. The van der Waals surface area contributed by atoms with E-state index in [9.17, 15) is 9.90 Å². The first-order chi connectivity index (χ1) is 12.7. The summed E-state index contributed by atoms with van der Waals surface area (Å²) in [4.78, 5) is 20.7. The molecule has 0 radical (unpaired) electrons. The summed E-state index contributed by atoms with van der Waals surface area (Å²) >= 11 is 0. The Kier molecular flexibility index (Phi) is 6.01. The Labute approximate surface area is 152 Å². The molecular formula is C19H23N3O4. The van der Waals surface area contributed by atoms with Crippen LogP contribution in [0.15, 0.2) is 42.9 Å². The number of carbonyl (C=O) groups excluding carboxylic acids is 1. The highest BCUT2D eigenvalue weighted by Gasteiger charge is 2.35. The molecule has 138 valence electrons. The van der Waals surface area contributed by atoms with Crippen molar-refractivity contribution in [3.8, 4) is 11.6 Å². The van der Waals surface area contributed by atoms with Crippen molar-refractivity contribution < 1.29 is 19.4 Å². The van der Waals surface area contributed by atoms with E-state index in [0.717, 1.165) is 12.8 Å². The lowest BCUT2D eigenvalue weighted by atomic mass is 9.89. The first kappa shape index (κ1) is 18.1. The fourth-order valence-corrected chi connectivity index (χ4v) is 3.08. The highest BCUT2D eigenvalue weighted by molar-refractivity contribution is 5.96. The minimum absolute atomic E-state index is 0.293. The van der Waals surface area contributed by atoms with Gasteiger partial charge in [-0.25, -0.2) is 4.98 Å². The summed E-state index contributed by atoms with van der Waals surface area (Å²) in [5.41, 5.74) is 0.358. The number of amides is 1. The molecule has 2 N–H and O–H groups in total. The molecule has 0 spiro atoms. The van der Waals surface area contributed by atoms with Crippen molar-refractivity contribution >= 4 is 5.91 Å². The van der Waals surface area contributed by atoms with Gasteiger partial charge in [0, 0.05) is 12.4 Å². The van der Waals surface area contributed by atoms with E-state index >= 15 is 0 Å². The molecule has 1 aliphatic rings. The van der Waals surface area contributed by atoms with E-state index < -0.39 is 18.2 Å². The first-order valence-electron chi connectivity index (χ1n) is 8.82. The van der Waals surface area contributed by atoms with Crippen LogP contribution in [0.2, 0.25) is 0 Å². The molecule has 1 amide bonds. The van der Waals surface area contributed by atoms with Gasteiger partial charge in [0.15, 0.2) is 0 Å². The molecule has 2 aromatic rings. The van der Waals surface area contributed by atoms with E-state index in [1.807, 2.05) is 6.92 Å². The maximum absolute atomic E-state index is 12.6. The summed E-state index contributed by atoms with van der Waals surface area (Å²) < 4.78 is 11.3. The van der Waals surface area contributed by atoms with E-state index in [4.69, 9.17) is 9.47 Å². The highest BCUT2D eigenvalue weighted by Crippen LogP contribution is 2.25. The van der Waals surface area contributed by atoms with Gasteiger partial charge >= 0.3 is 0 Å². The molecule has 1 fully saturated rings. The number of hydrogen-bond acceptors (Lipinski definition) is 6. The number of aliphatic hydroxyl groups excluding tert-OH is 1. The first-order valence-corrected chi connectivity index (χ1v) is 8.82. The number of nitrogens with zero attached hydrogens (tertiary/aromatic N) is 2. The molecule has 0 bridgehead atoms. The van der Waals surface area contributed by atoms with Gasteiger partial charge in [-0.15, -0.1) is 0 Å². The van der Waals surface area contributed by atoms with E-state index in [0.29, 0.717) is 30.2 Å². The SMILES string of the molecule is CCOc1ncccc1C(=O)N[C@@H]1CCC[C@@H](Oc2cccnc2)[C@@H]1O. The fourth-order valence-electron chi connectivity index (χ4n) is 3.08. The van der Waals surface area contributed by atoms with Gasteiger partial charge in [0.1, 0.15) is 23.5 Å². The second kappa shape index (κ2) is 8.62. The standard InChI is InChI=1S/C19H23N3O4/c1-2-25-19-14(7-5-11-21-19)18(24)22-15-8-3-9-16(17(15)23)26-13-6-4-10-20-12-13/h4-7,10-12,15-17,23H,2-3,8-9H2,1H3,(H,22,24)/t15-,16-,17-/m1/s1. The van der Waals surface area contributed by atoms with Crippen LogP contribution in [0.1, 0.15) is 36.5 Å². The van der Waals surface area contributed by atoms with Gasteiger partial charge in [-0.2, -0.15) is 0 Å². The smallest absolute Gasteiger partial charge is 0.257 e. The van der Waals surface area contributed by atoms with Gasteiger partial charge in [-0.05, 0) is 50.5 Å². The van der Waals surface area contributed by atoms with E-state index in [2.05, 4.69) is 15.3 Å². The van der Waals surface area contributed by atoms with Crippen molar-refractivity contribution in [2.45, 2.75) is 44.4 Å². The molecule has 3 atom stereocenters. The molecule has 0 saturated heterocycles. The van der Waals surface area contributed by atoms with Crippen LogP contribution in [-0.4, -0.2) is 45.8 Å². The Morgan fingerprint density at radius 2 is 2.15 bits per heavy atom. The molecule has 2 heterocycles. The zero-order valence-electron chi connectivity index (χ0n) is 14.7. The molecule has 3 rings (SSSR count). The molecule has 0 aliphatic heterocycles. The summed E-state index contributed by atoms with van der Waals surface area (Å²) in [5, 5.41) is 13.5. The molecule has 7 nitrogen and oxygen atoms in total. The molecule has 7 heteroatoms. The molecule has 26 heavy (non-hydrogen) atoms. The topological polar surface area (TPSA) is 93.6 Å². The molecule has 0 aromatic carbocycles. The second-order valence-corrected chi connectivity index (χ2v) is 6.14. The van der Waals surface area contributed by atoms with Crippen molar-refractivity contribution in [2.24, 2.45) is 0 Å². The van der Waals surface area contributed by atoms with Crippen molar-refractivity contribution in [3.63, 3.8) is 0 Å². The largest absolute Gasteiger partial charge is 0.486 e. The normalized spacial score (nSPS) is 22.5. The number of nitrogens with one attached hydrogen (secondary N) is 1. The van der Waals surface area contributed by atoms with Crippen LogP contribution < -0.4 is 14.8 Å². The number of aliphatic hydroxyl groups is 1. The number of ether oxygens (including phenoxy) is 2. The average molecular weight is 357 g/mol. The molecule has 0 unspecified atom stereocenters. The monoisotopic (exact) mass is 357 g/mol. The van der Waals surface area contributed by atoms with Gasteiger partial charge in [-0.3, -0.25) is 9.78 Å². The lowest BCUT2D eigenvalue weighted by molar-refractivity contribution is -0.0142. The lowest BCUT2D eigenvalue weighted by Crippen LogP contribution is -2.52. The van der Waals surface area contributed by atoms with Crippen molar-refractivity contribution in [2.75, 3.05) is 6.61 Å². The number of carbonyl (C=O) groups is 1. The van der Waals surface area contributed by atoms with Gasteiger partial charge in [0.05, 0.1) is 18.8 Å². The third-order valence-electron chi connectivity index (χ3n) is 4.33. The third-order valence-corrected chi connectivity index (χ3v) is 4.33. The number of pyridine rings is 2. The fraction of sp³-hybridized carbons (Fsp3) is 0.421. The second-order valence-electron chi connectivity index (χ2n) is 6.14. The summed E-state index contributed by atoms with van der Waals surface area (Å²) in [7, 11) is 0. The quantitative estimate of drug-likeness (QED) is 0.821. The molecular weight excluding hydrogens is 334 g/mol. The zero-order valence-corrected chi connectivity index (χ0v) is 14.7. The maximum Gasteiger partial charge on any atom is 0.257 e. The predicted molar refractivity (Wildman–Crippen MR) is 95.2 cm³/mol. The summed E-state index contributed by atoms with van der Waals surface area (Å²) in [6.45, 7) is 2.26. The molecule has 1 saturated carbocycles. The average Bonchev–Trinajstić information content (AvgIpc) is 2.66. The number of rotatable bonds is 6. The Bertz CT molecular complexity index is 726. The molecule has 2 aromatic heterocycles. The van der Waals surface area contributed by atoms with Gasteiger partial charge < -0.3 is 19.9 Å². The zero-order chi connectivity index (χ0) is 18.4. The van der Waals surface area contributed by atoms with Crippen molar-refractivity contribution in [1.29, 1.82) is 0 Å². The molecule has 1 aliphatic carbocycles. The Hall–Kier alpha value is -2.67. The van der Waals surface area contributed by atoms with Gasteiger partial charge in [0.2, 0.25) is 5.88 Å². The lowest BCUT2D eigenvalue weighted by Gasteiger charge is -2.35. The van der Waals surface area contributed by atoms with Crippen LogP contribution in [0.25, 0.3) is 0 Å². The summed E-state index contributed by atoms with van der Waals surface area (Å²) in [5.74, 6) is 0.586. The van der Waals surface area contributed by atoms with E-state index in [-0.39, 0.29) is 5.91 Å². The minimum atomic E-state index is -0.805. The summed E-state index contributed by atoms with van der Waals surface area (Å²) in [6.07, 6.45) is 5.91. The number of hydrogen-bond donors (Lipinski definition) is 2. The van der Waals surface area contributed by atoms with Crippen LogP contribution in [0.5, 0.6) is 11.6 Å². The third kappa shape index (κ3) is 4.29. The van der Waals surface area contributed by atoms with Gasteiger partial charge in [-0.1, -0.05) is 0 Å². The van der Waals surface area contributed by atoms with Crippen molar-refractivity contribution in [1.82, 2.24) is 15.3 Å². The summed E-state index contributed by atoms with van der Waals surface area (Å²) in [6, 6.07) is 6.52.